The van der Waals surface area contributed by atoms with Gasteiger partial charge in [-0.2, -0.15) is 5.10 Å². The van der Waals surface area contributed by atoms with E-state index in [-0.39, 0.29) is 18.0 Å². The number of rotatable bonds is 2. The number of anilines is 1. The Hall–Kier alpha value is -1.57. The van der Waals surface area contributed by atoms with E-state index < -0.39 is 0 Å². The number of amides is 1. The van der Waals surface area contributed by atoms with Crippen molar-refractivity contribution in [2.45, 2.75) is 57.7 Å². The highest BCUT2D eigenvalue weighted by Crippen LogP contribution is 2.44. The number of halogens is 2. The lowest BCUT2D eigenvalue weighted by Gasteiger charge is -2.33. The van der Waals surface area contributed by atoms with Crippen LogP contribution in [-0.2, 0) is 22.5 Å². The van der Waals surface area contributed by atoms with E-state index in [2.05, 4.69) is 38.9 Å². The molecule has 30 heavy (non-hydrogen) atoms. The maximum absolute atomic E-state index is 12.1. The fourth-order valence-electron chi connectivity index (χ4n) is 5.04. The molecule has 2 unspecified atom stereocenters. The molecule has 6 nitrogen and oxygen atoms in total. The zero-order valence-corrected chi connectivity index (χ0v) is 19.6. The van der Waals surface area contributed by atoms with Crippen LogP contribution in [0, 0.1) is 0 Å². The fourth-order valence-corrected chi connectivity index (χ4v) is 5.56. The van der Waals surface area contributed by atoms with Crippen LogP contribution < -0.4 is 5.32 Å². The van der Waals surface area contributed by atoms with Crippen molar-refractivity contribution < 1.29 is 9.53 Å². The zero-order chi connectivity index (χ0) is 21.0. The molecule has 4 heterocycles. The lowest BCUT2D eigenvalue weighted by Crippen LogP contribution is -2.35. The lowest BCUT2D eigenvalue weighted by atomic mass is 9.86. The molecule has 1 fully saturated rings. The summed E-state index contributed by atoms with van der Waals surface area (Å²) >= 11 is 9.93. The lowest BCUT2D eigenvalue weighted by molar-refractivity contribution is -0.129. The molecule has 0 radical (unpaired) electrons. The summed E-state index contributed by atoms with van der Waals surface area (Å²) < 4.78 is 8.77. The second kappa shape index (κ2) is 7.84. The summed E-state index contributed by atoms with van der Waals surface area (Å²) in [6.45, 7) is 6.79. The maximum Gasteiger partial charge on any atom is 0.219 e. The quantitative estimate of drug-likeness (QED) is 0.651. The molecular formula is C22H26BrClN4O2. The van der Waals surface area contributed by atoms with Gasteiger partial charge < -0.3 is 15.0 Å². The van der Waals surface area contributed by atoms with E-state index >= 15 is 0 Å². The van der Waals surface area contributed by atoms with Gasteiger partial charge in [0.25, 0.3) is 0 Å². The average molecular weight is 494 g/mol. The Morgan fingerprint density at radius 3 is 2.97 bits per heavy atom. The molecular weight excluding hydrogens is 468 g/mol. The largest absolute Gasteiger partial charge is 0.379 e. The van der Waals surface area contributed by atoms with E-state index in [4.69, 9.17) is 21.4 Å². The van der Waals surface area contributed by atoms with Crippen molar-refractivity contribution in [1.82, 2.24) is 14.7 Å². The Bertz CT molecular complexity index is 1000. The highest BCUT2D eigenvalue weighted by molar-refractivity contribution is 9.10. The summed E-state index contributed by atoms with van der Waals surface area (Å²) in [7, 11) is 0. The number of carbonyl (C=O) groups is 1. The highest BCUT2D eigenvalue weighted by atomic mass is 79.9. The molecule has 1 aromatic carbocycles. The monoisotopic (exact) mass is 492 g/mol. The molecule has 3 aliphatic heterocycles. The van der Waals surface area contributed by atoms with Crippen molar-refractivity contribution in [3.05, 3.63) is 44.1 Å². The second-order valence-electron chi connectivity index (χ2n) is 8.65. The van der Waals surface area contributed by atoms with Gasteiger partial charge in [-0.05, 0) is 52.4 Å². The Kier molecular flexibility index (Phi) is 5.32. The number of benzene rings is 1. The summed E-state index contributed by atoms with van der Waals surface area (Å²) in [5.41, 5.74) is 5.88. The summed E-state index contributed by atoms with van der Waals surface area (Å²) in [5.74, 6) is 0.499. The van der Waals surface area contributed by atoms with Crippen LogP contribution in [0.4, 0.5) is 5.69 Å². The van der Waals surface area contributed by atoms with Crippen molar-refractivity contribution >= 4 is 39.1 Å². The van der Waals surface area contributed by atoms with Gasteiger partial charge in [-0.3, -0.25) is 9.48 Å². The fraction of sp³-hybridized carbons (Fsp3) is 0.545. The van der Waals surface area contributed by atoms with Gasteiger partial charge in [-0.15, -0.1) is 0 Å². The van der Waals surface area contributed by atoms with Gasteiger partial charge in [0.2, 0.25) is 5.91 Å². The van der Waals surface area contributed by atoms with E-state index in [0.717, 1.165) is 48.3 Å². The van der Waals surface area contributed by atoms with Crippen LogP contribution in [0.25, 0.3) is 0 Å². The molecule has 5 rings (SSSR count). The number of hydrogen-bond donors (Lipinski definition) is 1. The second-order valence-corrected chi connectivity index (χ2v) is 9.91. The van der Waals surface area contributed by atoms with Crippen LogP contribution in [0.2, 0.25) is 5.02 Å². The van der Waals surface area contributed by atoms with E-state index in [1.807, 2.05) is 11.0 Å². The number of nitrogens with zero attached hydrogens (tertiary/aromatic N) is 3. The van der Waals surface area contributed by atoms with Crippen LogP contribution in [0.1, 0.15) is 67.2 Å². The Labute approximate surface area is 190 Å². The molecule has 1 saturated heterocycles. The third-order valence-corrected chi connectivity index (χ3v) is 7.88. The van der Waals surface area contributed by atoms with Crippen molar-refractivity contribution in [2.75, 3.05) is 25.1 Å². The van der Waals surface area contributed by atoms with Gasteiger partial charge in [-0.1, -0.05) is 18.5 Å². The first-order chi connectivity index (χ1) is 14.4. The zero-order valence-electron chi connectivity index (χ0n) is 17.3. The maximum atomic E-state index is 12.1. The normalized spacial score (nSPS) is 25.6. The molecule has 0 bridgehead atoms. The van der Waals surface area contributed by atoms with Crippen molar-refractivity contribution in [1.29, 1.82) is 0 Å². The van der Waals surface area contributed by atoms with Crippen LogP contribution in [0.3, 0.4) is 0 Å². The summed E-state index contributed by atoms with van der Waals surface area (Å²) in [5, 5.41) is 9.53. The summed E-state index contributed by atoms with van der Waals surface area (Å²) in [4.78, 5) is 14.0. The van der Waals surface area contributed by atoms with Crippen molar-refractivity contribution in [3.8, 4) is 0 Å². The highest BCUT2D eigenvalue weighted by Gasteiger charge is 2.35. The molecule has 8 heteroatoms. The minimum atomic E-state index is 0.0916. The first kappa shape index (κ1) is 20.3. The molecule has 3 aliphatic rings. The first-order valence-corrected chi connectivity index (χ1v) is 11.8. The molecule has 0 saturated carbocycles. The Morgan fingerprint density at radius 1 is 1.40 bits per heavy atom. The van der Waals surface area contributed by atoms with Crippen LogP contribution in [0.5, 0.6) is 0 Å². The molecule has 1 aromatic heterocycles. The minimum Gasteiger partial charge on any atom is -0.379 e. The van der Waals surface area contributed by atoms with Crippen LogP contribution in [0.15, 0.2) is 16.6 Å². The number of ether oxygens (including phenoxy) is 1. The van der Waals surface area contributed by atoms with Crippen molar-refractivity contribution in [3.63, 3.8) is 0 Å². The van der Waals surface area contributed by atoms with Gasteiger partial charge in [-0.25, -0.2) is 0 Å². The summed E-state index contributed by atoms with van der Waals surface area (Å²) in [6, 6.07) is 4.50. The Morgan fingerprint density at radius 2 is 2.23 bits per heavy atom. The van der Waals surface area contributed by atoms with Gasteiger partial charge >= 0.3 is 0 Å². The first-order valence-electron chi connectivity index (χ1n) is 10.6. The molecule has 160 valence electrons. The number of nitrogens with one attached hydrogen (secondary N) is 1. The van der Waals surface area contributed by atoms with Gasteiger partial charge in [0.1, 0.15) is 0 Å². The molecule has 1 amide bonds. The van der Waals surface area contributed by atoms with Crippen LogP contribution in [-0.4, -0.2) is 40.3 Å². The minimum absolute atomic E-state index is 0.0916. The smallest absolute Gasteiger partial charge is 0.219 e. The SMILES string of the molecule is CC(=O)N1CCc2c(c(C3CC(C)c4cc(Br)c(Cl)cc4N3)nn2[C@H]2CCOC2)C1. The molecule has 3 atom stereocenters. The number of hydrogen-bond acceptors (Lipinski definition) is 4. The van der Waals surface area contributed by atoms with Crippen LogP contribution >= 0.6 is 27.5 Å². The standard InChI is InChI=1S/C22H26BrClN4O2/c1-12-7-20(25-19-9-18(24)17(23)8-15(12)19)22-16-10-27(13(2)29)5-3-21(16)28(26-22)14-4-6-30-11-14/h8-9,12,14,20,25H,3-7,10-11H2,1-2H3/t12?,14-,20?/m0/s1. The van der Waals surface area contributed by atoms with Gasteiger partial charge in [0.05, 0.1) is 29.4 Å². The van der Waals surface area contributed by atoms with Gasteiger partial charge in [0, 0.05) is 54.5 Å². The third-order valence-electron chi connectivity index (χ3n) is 6.69. The molecule has 2 aromatic rings. The van der Waals surface area contributed by atoms with E-state index in [1.165, 1.54) is 16.8 Å². The van der Waals surface area contributed by atoms with E-state index in [9.17, 15) is 4.79 Å². The topological polar surface area (TPSA) is 59.4 Å². The third kappa shape index (κ3) is 3.45. The van der Waals surface area contributed by atoms with Crippen molar-refractivity contribution in [2.24, 2.45) is 0 Å². The number of aromatic nitrogens is 2. The number of fused-ring (bicyclic) bond motifs is 2. The average Bonchev–Trinajstić information content (AvgIpc) is 3.36. The molecule has 0 spiro atoms. The molecule has 1 N–H and O–H groups in total. The summed E-state index contributed by atoms with van der Waals surface area (Å²) in [6.07, 6.45) is 2.78. The van der Waals surface area contributed by atoms with E-state index in [0.29, 0.717) is 24.1 Å². The van der Waals surface area contributed by atoms with E-state index in [1.54, 1.807) is 6.92 Å². The Balaban J connectivity index is 1.55. The predicted octanol–water partition coefficient (Wildman–Crippen LogP) is 4.83. The predicted molar refractivity (Wildman–Crippen MR) is 120 cm³/mol. The number of carbonyl (C=O) groups excluding carboxylic acids is 1. The van der Waals surface area contributed by atoms with Gasteiger partial charge in [0.15, 0.2) is 0 Å². The molecule has 0 aliphatic carbocycles.